The quantitative estimate of drug-likeness (QED) is 0.643. The number of hydrogen-bond donors (Lipinski definition) is 1. The number of rotatable bonds is 4. The molecule has 1 aliphatic heterocycles. The Morgan fingerprint density at radius 1 is 1.68 bits per heavy atom. The molecule has 1 aromatic rings. The number of pyridine rings is 1. The molecule has 0 aromatic carbocycles. The van der Waals surface area contributed by atoms with Gasteiger partial charge in [-0.05, 0) is 12.8 Å². The Kier molecular flexibility index (Phi) is 4.28. The van der Waals surface area contributed by atoms with E-state index in [1.807, 2.05) is 4.90 Å². The summed E-state index contributed by atoms with van der Waals surface area (Å²) in [5.74, 6) is 0.610. The van der Waals surface area contributed by atoms with Gasteiger partial charge >= 0.3 is 0 Å². The molecule has 0 bridgehead atoms. The zero-order chi connectivity index (χ0) is 13.8. The summed E-state index contributed by atoms with van der Waals surface area (Å²) in [4.78, 5) is 16.6. The van der Waals surface area contributed by atoms with Crippen molar-refractivity contribution in [2.75, 3.05) is 25.1 Å². The molecule has 1 aromatic heterocycles. The lowest BCUT2D eigenvalue weighted by Gasteiger charge is -2.39. The molecule has 2 unspecified atom stereocenters. The van der Waals surface area contributed by atoms with Crippen molar-refractivity contribution in [3.05, 3.63) is 28.4 Å². The van der Waals surface area contributed by atoms with Gasteiger partial charge in [0.1, 0.15) is 5.82 Å². The molecule has 104 valence electrons. The molecule has 1 aliphatic rings. The lowest BCUT2D eigenvalue weighted by Crippen LogP contribution is -2.49. The highest BCUT2D eigenvalue weighted by Crippen LogP contribution is 2.26. The molecule has 2 atom stereocenters. The van der Waals surface area contributed by atoms with Crippen molar-refractivity contribution in [3.8, 4) is 0 Å². The van der Waals surface area contributed by atoms with Crippen LogP contribution < -0.4 is 10.6 Å². The van der Waals surface area contributed by atoms with Crippen molar-refractivity contribution in [1.29, 1.82) is 0 Å². The number of nitrogens with two attached hydrogens (primary N) is 1. The largest absolute Gasteiger partial charge is 0.381 e. The number of aromatic nitrogens is 1. The molecule has 19 heavy (non-hydrogen) atoms. The Hall–Kier alpha value is -1.73. The van der Waals surface area contributed by atoms with E-state index in [0.29, 0.717) is 12.4 Å². The minimum Gasteiger partial charge on any atom is -0.381 e. The third-order valence-corrected chi connectivity index (χ3v) is 3.51. The molecular formula is C12H18N4O3. The van der Waals surface area contributed by atoms with E-state index >= 15 is 0 Å². The molecule has 0 radical (unpaired) electrons. The second-order valence-electron chi connectivity index (χ2n) is 4.59. The van der Waals surface area contributed by atoms with Crippen LogP contribution in [0.25, 0.3) is 0 Å². The van der Waals surface area contributed by atoms with E-state index in [1.54, 1.807) is 7.11 Å². The first-order valence-electron chi connectivity index (χ1n) is 6.25. The molecule has 0 amide bonds. The minimum absolute atomic E-state index is 0.0506. The van der Waals surface area contributed by atoms with Crippen molar-refractivity contribution < 1.29 is 9.66 Å². The van der Waals surface area contributed by atoms with E-state index in [0.717, 1.165) is 19.4 Å². The van der Waals surface area contributed by atoms with Crippen molar-refractivity contribution >= 4 is 11.5 Å². The second-order valence-corrected chi connectivity index (χ2v) is 4.59. The number of methoxy groups -OCH3 is 1. The lowest BCUT2D eigenvalue weighted by atomic mass is 9.99. The first kappa shape index (κ1) is 13.7. The predicted molar refractivity (Wildman–Crippen MR) is 71.1 cm³/mol. The average Bonchev–Trinajstić information content (AvgIpc) is 2.46. The van der Waals surface area contributed by atoms with Gasteiger partial charge in [-0.15, -0.1) is 0 Å². The summed E-state index contributed by atoms with van der Waals surface area (Å²) in [5, 5.41) is 10.8. The number of ether oxygens (including phenoxy) is 1. The fourth-order valence-corrected chi connectivity index (χ4v) is 2.43. The molecule has 2 rings (SSSR count). The van der Waals surface area contributed by atoms with Crippen LogP contribution in [0.2, 0.25) is 0 Å². The molecule has 1 saturated heterocycles. The molecule has 0 spiro atoms. The molecule has 0 saturated carbocycles. The van der Waals surface area contributed by atoms with Crippen molar-refractivity contribution in [2.45, 2.75) is 25.0 Å². The van der Waals surface area contributed by atoms with Gasteiger partial charge in [0.05, 0.1) is 17.1 Å². The minimum atomic E-state index is -0.412. The van der Waals surface area contributed by atoms with Gasteiger partial charge in [-0.1, -0.05) is 0 Å². The van der Waals surface area contributed by atoms with Crippen LogP contribution in [0.5, 0.6) is 0 Å². The van der Waals surface area contributed by atoms with Gasteiger partial charge in [-0.2, -0.15) is 0 Å². The topological polar surface area (TPSA) is 94.5 Å². The fraction of sp³-hybridized carbons (Fsp3) is 0.583. The highest BCUT2D eigenvalue weighted by molar-refractivity contribution is 5.48. The van der Waals surface area contributed by atoms with E-state index in [9.17, 15) is 10.1 Å². The third kappa shape index (κ3) is 2.99. The smallest absolute Gasteiger partial charge is 0.274 e. The maximum Gasteiger partial charge on any atom is 0.274 e. The number of nitrogens with zero attached hydrogens (tertiary/aromatic N) is 3. The Morgan fingerprint density at radius 3 is 3.11 bits per heavy atom. The Labute approximate surface area is 111 Å². The SMILES string of the molecule is COC1CCN(c2cc([N+](=O)[O-])ccn2)C(CN)C1. The average molecular weight is 266 g/mol. The summed E-state index contributed by atoms with van der Waals surface area (Å²) in [6, 6.07) is 2.99. The van der Waals surface area contributed by atoms with E-state index in [4.69, 9.17) is 10.5 Å². The van der Waals surface area contributed by atoms with Crippen LogP contribution >= 0.6 is 0 Å². The number of piperidine rings is 1. The lowest BCUT2D eigenvalue weighted by molar-refractivity contribution is -0.384. The zero-order valence-corrected chi connectivity index (χ0v) is 10.9. The van der Waals surface area contributed by atoms with Crippen LogP contribution in [-0.2, 0) is 4.74 Å². The maximum atomic E-state index is 10.8. The Bertz CT molecular complexity index is 454. The molecule has 0 aliphatic carbocycles. The maximum absolute atomic E-state index is 10.8. The first-order valence-corrected chi connectivity index (χ1v) is 6.25. The monoisotopic (exact) mass is 266 g/mol. The number of hydrogen-bond acceptors (Lipinski definition) is 6. The van der Waals surface area contributed by atoms with Crippen LogP contribution in [0.3, 0.4) is 0 Å². The normalized spacial score (nSPS) is 23.4. The molecule has 7 heteroatoms. The van der Waals surface area contributed by atoms with Crippen LogP contribution in [0.1, 0.15) is 12.8 Å². The van der Waals surface area contributed by atoms with Crippen molar-refractivity contribution in [1.82, 2.24) is 4.98 Å². The molecule has 1 fully saturated rings. The third-order valence-electron chi connectivity index (χ3n) is 3.51. The van der Waals surface area contributed by atoms with Gasteiger partial charge in [0.25, 0.3) is 5.69 Å². The summed E-state index contributed by atoms with van der Waals surface area (Å²) in [7, 11) is 1.69. The van der Waals surface area contributed by atoms with Crippen LogP contribution in [0.15, 0.2) is 18.3 Å². The fourth-order valence-electron chi connectivity index (χ4n) is 2.43. The van der Waals surface area contributed by atoms with E-state index < -0.39 is 4.92 Å². The van der Waals surface area contributed by atoms with Gasteiger partial charge in [0.15, 0.2) is 0 Å². The van der Waals surface area contributed by atoms with Crippen LogP contribution in [-0.4, -0.2) is 42.3 Å². The Morgan fingerprint density at radius 2 is 2.47 bits per heavy atom. The molecule has 7 nitrogen and oxygen atoms in total. The summed E-state index contributed by atoms with van der Waals surface area (Å²) >= 11 is 0. The summed E-state index contributed by atoms with van der Waals surface area (Å²) in [6.45, 7) is 1.22. The van der Waals surface area contributed by atoms with E-state index in [2.05, 4.69) is 4.98 Å². The van der Waals surface area contributed by atoms with Gasteiger partial charge in [-0.25, -0.2) is 4.98 Å². The highest BCUT2D eigenvalue weighted by Gasteiger charge is 2.29. The van der Waals surface area contributed by atoms with Crippen LogP contribution in [0.4, 0.5) is 11.5 Å². The standard InChI is InChI=1S/C12H18N4O3/c1-19-11-3-5-15(10(6-11)8-13)12-7-9(16(17)18)2-4-14-12/h2,4,7,10-11H,3,5-6,8,13H2,1H3. The Balaban J connectivity index is 2.20. The number of nitro groups is 1. The highest BCUT2D eigenvalue weighted by atomic mass is 16.6. The van der Waals surface area contributed by atoms with Crippen molar-refractivity contribution in [2.24, 2.45) is 5.73 Å². The van der Waals surface area contributed by atoms with Crippen LogP contribution in [0, 0.1) is 10.1 Å². The van der Waals surface area contributed by atoms with E-state index in [-0.39, 0.29) is 17.8 Å². The van der Waals surface area contributed by atoms with Crippen molar-refractivity contribution in [3.63, 3.8) is 0 Å². The second kappa shape index (κ2) is 5.94. The van der Waals surface area contributed by atoms with Gasteiger partial charge in [0.2, 0.25) is 0 Å². The summed E-state index contributed by atoms with van der Waals surface area (Å²) in [5.41, 5.74) is 5.84. The van der Waals surface area contributed by atoms with Gasteiger partial charge < -0.3 is 15.4 Å². The molecule has 2 heterocycles. The zero-order valence-electron chi connectivity index (χ0n) is 10.9. The first-order chi connectivity index (χ1) is 9.15. The summed E-state index contributed by atoms with van der Waals surface area (Å²) in [6.07, 6.45) is 3.35. The van der Waals surface area contributed by atoms with E-state index in [1.165, 1.54) is 18.3 Å². The predicted octanol–water partition coefficient (Wildman–Crippen LogP) is 0.932. The van der Waals surface area contributed by atoms with Gasteiger partial charge in [-0.3, -0.25) is 10.1 Å². The molecule has 2 N–H and O–H groups in total. The molecular weight excluding hydrogens is 248 g/mol. The van der Waals surface area contributed by atoms with Gasteiger partial charge in [0, 0.05) is 38.5 Å². The summed E-state index contributed by atoms with van der Waals surface area (Å²) < 4.78 is 5.36. The number of anilines is 1.